The van der Waals surface area contributed by atoms with Gasteiger partial charge in [0.1, 0.15) is 12.4 Å². The molecular weight excluding hydrogens is 250 g/mol. The van der Waals surface area contributed by atoms with Gasteiger partial charge in [-0.1, -0.05) is 19.9 Å². The number of nitrogens with zero attached hydrogens (tertiary/aromatic N) is 2. The monoisotopic (exact) mass is 271 g/mol. The predicted molar refractivity (Wildman–Crippen MR) is 79.4 cm³/mol. The molecule has 2 heterocycles. The molecule has 2 aromatic rings. The van der Waals surface area contributed by atoms with E-state index in [-0.39, 0.29) is 0 Å². The summed E-state index contributed by atoms with van der Waals surface area (Å²) in [4.78, 5) is 8.41. The molecule has 0 fully saturated rings. The summed E-state index contributed by atoms with van der Waals surface area (Å²) >= 11 is 0. The third kappa shape index (κ3) is 4.97. The Labute approximate surface area is 120 Å². The standard InChI is InChI=1S/C16H21N3O/c1-13(2)8-18-9-14-5-6-15(19-10-14)12-20-16-4-3-7-17-11-16/h3-7,10-11,13,18H,8-9,12H2,1-2H3. The van der Waals surface area contributed by atoms with E-state index in [1.165, 1.54) is 5.56 Å². The van der Waals surface area contributed by atoms with E-state index in [0.29, 0.717) is 12.5 Å². The first kappa shape index (κ1) is 14.5. The summed E-state index contributed by atoms with van der Waals surface area (Å²) in [6.07, 6.45) is 5.32. The van der Waals surface area contributed by atoms with Crippen molar-refractivity contribution < 1.29 is 4.74 Å². The summed E-state index contributed by atoms with van der Waals surface area (Å²) in [5.74, 6) is 1.42. The average Bonchev–Trinajstić information content (AvgIpc) is 2.47. The van der Waals surface area contributed by atoms with Crippen LogP contribution in [0.5, 0.6) is 5.75 Å². The van der Waals surface area contributed by atoms with Gasteiger partial charge < -0.3 is 10.1 Å². The zero-order valence-electron chi connectivity index (χ0n) is 12.0. The number of aromatic nitrogens is 2. The highest BCUT2D eigenvalue weighted by Gasteiger charge is 1.99. The summed E-state index contributed by atoms with van der Waals surface area (Å²) in [6, 6.07) is 7.83. The Morgan fingerprint density at radius 1 is 1.20 bits per heavy atom. The normalized spacial score (nSPS) is 10.8. The number of ether oxygens (including phenoxy) is 1. The molecule has 106 valence electrons. The first-order valence-electron chi connectivity index (χ1n) is 6.91. The highest BCUT2D eigenvalue weighted by atomic mass is 16.5. The minimum Gasteiger partial charge on any atom is -0.486 e. The SMILES string of the molecule is CC(C)CNCc1ccc(COc2cccnc2)nc1. The van der Waals surface area contributed by atoms with Crippen LogP contribution in [0.4, 0.5) is 0 Å². The lowest BCUT2D eigenvalue weighted by molar-refractivity contribution is 0.300. The van der Waals surface area contributed by atoms with E-state index < -0.39 is 0 Å². The molecular formula is C16H21N3O. The second kappa shape index (κ2) is 7.60. The fourth-order valence-electron chi connectivity index (χ4n) is 1.74. The van der Waals surface area contributed by atoms with Gasteiger partial charge in [-0.05, 0) is 36.2 Å². The van der Waals surface area contributed by atoms with Gasteiger partial charge in [-0.15, -0.1) is 0 Å². The Morgan fingerprint density at radius 2 is 2.10 bits per heavy atom. The molecule has 0 radical (unpaired) electrons. The van der Waals surface area contributed by atoms with E-state index in [9.17, 15) is 0 Å². The Hall–Kier alpha value is -1.94. The van der Waals surface area contributed by atoms with Crippen LogP contribution in [0, 0.1) is 5.92 Å². The maximum absolute atomic E-state index is 5.60. The Morgan fingerprint density at radius 3 is 2.75 bits per heavy atom. The van der Waals surface area contributed by atoms with Crippen LogP contribution in [0.2, 0.25) is 0 Å². The molecule has 0 spiro atoms. The van der Waals surface area contributed by atoms with Crippen LogP contribution in [-0.4, -0.2) is 16.5 Å². The van der Waals surface area contributed by atoms with Crippen LogP contribution in [0.25, 0.3) is 0 Å². The van der Waals surface area contributed by atoms with Crippen molar-refractivity contribution in [2.45, 2.75) is 27.0 Å². The van der Waals surface area contributed by atoms with E-state index in [1.807, 2.05) is 24.4 Å². The Kier molecular flexibility index (Phi) is 5.50. The zero-order chi connectivity index (χ0) is 14.2. The van der Waals surface area contributed by atoms with Gasteiger partial charge in [0.05, 0.1) is 11.9 Å². The molecule has 4 heteroatoms. The van der Waals surface area contributed by atoms with E-state index in [1.54, 1.807) is 12.4 Å². The van der Waals surface area contributed by atoms with E-state index in [2.05, 4.69) is 35.2 Å². The first-order valence-corrected chi connectivity index (χ1v) is 6.91. The maximum atomic E-state index is 5.60. The summed E-state index contributed by atoms with van der Waals surface area (Å²) in [5.41, 5.74) is 2.11. The highest BCUT2D eigenvalue weighted by molar-refractivity contribution is 5.17. The molecule has 2 aromatic heterocycles. The molecule has 0 aliphatic rings. The third-order valence-corrected chi connectivity index (χ3v) is 2.79. The lowest BCUT2D eigenvalue weighted by atomic mass is 10.2. The van der Waals surface area contributed by atoms with Crippen molar-refractivity contribution in [3.8, 4) is 5.75 Å². The van der Waals surface area contributed by atoms with Gasteiger partial charge in [0, 0.05) is 18.9 Å². The molecule has 20 heavy (non-hydrogen) atoms. The van der Waals surface area contributed by atoms with Crippen molar-refractivity contribution in [3.05, 3.63) is 54.1 Å². The molecule has 0 atom stereocenters. The Balaban J connectivity index is 1.79. The van der Waals surface area contributed by atoms with Crippen LogP contribution in [0.3, 0.4) is 0 Å². The topological polar surface area (TPSA) is 47.0 Å². The second-order valence-corrected chi connectivity index (χ2v) is 5.16. The number of hydrogen-bond acceptors (Lipinski definition) is 4. The van der Waals surface area contributed by atoms with Gasteiger partial charge in [0.25, 0.3) is 0 Å². The van der Waals surface area contributed by atoms with Crippen LogP contribution < -0.4 is 10.1 Å². The molecule has 0 aliphatic heterocycles. The van der Waals surface area contributed by atoms with Crippen LogP contribution in [0.15, 0.2) is 42.9 Å². The molecule has 0 saturated heterocycles. The molecule has 1 N–H and O–H groups in total. The molecule has 0 amide bonds. The molecule has 0 bridgehead atoms. The summed E-state index contributed by atoms with van der Waals surface area (Å²) < 4.78 is 5.60. The van der Waals surface area contributed by atoms with E-state index >= 15 is 0 Å². The first-order chi connectivity index (χ1) is 9.74. The minimum absolute atomic E-state index is 0.464. The fraction of sp³-hybridized carbons (Fsp3) is 0.375. The molecule has 0 aromatic carbocycles. The number of nitrogens with one attached hydrogen (secondary N) is 1. The van der Waals surface area contributed by atoms with Gasteiger partial charge in [-0.3, -0.25) is 9.97 Å². The predicted octanol–water partition coefficient (Wildman–Crippen LogP) is 2.80. The fourth-order valence-corrected chi connectivity index (χ4v) is 1.74. The summed E-state index contributed by atoms with van der Waals surface area (Å²) in [5, 5.41) is 3.40. The highest BCUT2D eigenvalue weighted by Crippen LogP contribution is 2.09. The molecule has 0 saturated carbocycles. The van der Waals surface area contributed by atoms with Crippen molar-refractivity contribution in [1.82, 2.24) is 15.3 Å². The van der Waals surface area contributed by atoms with Crippen molar-refractivity contribution in [1.29, 1.82) is 0 Å². The van der Waals surface area contributed by atoms with Gasteiger partial charge in [-0.25, -0.2) is 0 Å². The van der Waals surface area contributed by atoms with E-state index in [0.717, 1.165) is 24.5 Å². The number of pyridine rings is 2. The zero-order valence-corrected chi connectivity index (χ0v) is 12.0. The molecule has 2 rings (SSSR count). The maximum Gasteiger partial charge on any atom is 0.138 e. The summed E-state index contributed by atoms with van der Waals surface area (Å²) in [7, 11) is 0. The van der Waals surface area contributed by atoms with Crippen molar-refractivity contribution in [2.75, 3.05) is 6.54 Å². The van der Waals surface area contributed by atoms with Crippen molar-refractivity contribution >= 4 is 0 Å². The molecule has 4 nitrogen and oxygen atoms in total. The van der Waals surface area contributed by atoms with Crippen LogP contribution in [-0.2, 0) is 13.2 Å². The van der Waals surface area contributed by atoms with Crippen LogP contribution >= 0.6 is 0 Å². The van der Waals surface area contributed by atoms with Gasteiger partial charge in [-0.2, -0.15) is 0 Å². The van der Waals surface area contributed by atoms with E-state index in [4.69, 9.17) is 4.74 Å². The minimum atomic E-state index is 0.464. The quantitative estimate of drug-likeness (QED) is 0.841. The van der Waals surface area contributed by atoms with Gasteiger partial charge >= 0.3 is 0 Å². The number of rotatable bonds is 7. The average molecular weight is 271 g/mol. The number of hydrogen-bond donors (Lipinski definition) is 1. The molecule has 0 aliphatic carbocycles. The Bertz CT molecular complexity index is 497. The largest absolute Gasteiger partial charge is 0.486 e. The van der Waals surface area contributed by atoms with Gasteiger partial charge in [0.15, 0.2) is 0 Å². The lowest BCUT2D eigenvalue weighted by Gasteiger charge is -2.08. The van der Waals surface area contributed by atoms with Crippen LogP contribution in [0.1, 0.15) is 25.1 Å². The smallest absolute Gasteiger partial charge is 0.138 e. The third-order valence-electron chi connectivity index (χ3n) is 2.79. The summed E-state index contributed by atoms with van der Waals surface area (Å²) in [6.45, 7) is 6.74. The van der Waals surface area contributed by atoms with Crippen molar-refractivity contribution in [2.24, 2.45) is 5.92 Å². The lowest BCUT2D eigenvalue weighted by Crippen LogP contribution is -2.19. The van der Waals surface area contributed by atoms with Crippen molar-refractivity contribution in [3.63, 3.8) is 0 Å². The van der Waals surface area contributed by atoms with Gasteiger partial charge in [0.2, 0.25) is 0 Å². The second-order valence-electron chi connectivity index (χ2n) is 5.16. The molecule has 0 unspecified atom stereocenters.